The van der Waals surface area contributed by atoms with Crippen molar-refractivity contribution >= 4 is 28.3 Å². The minimum absolute atomic E-state index is 0.179. The van der Waals surface area contributed by atoms with Gasteiger partial charge in [-0.3, -0.25) is 0 Å². The van der Waals surface area contributed by atoms with E-state index in [4.69, 9.17) is 22.1 Å². The van der Waals surface area contributed by atoms with E-state index in [0.717, 1.165) is 22.1 Å². The SMILES string of the molecule is Cc1c(Cl)cccc1-c1c(OC[C@H](C)O)ccc2c(N)ncnc12. The second kappa shape index (κ2) is 6.63. The van der Waals surface area contributed by atoms with Crippen LogP contribution in [0.25, 0.3) is 22.0 Å². The van der Waals surface area contributed by atoms with Crippen molar-refractivity contribution < 1.29 is 9.84 Å². The van der Waals surface area contributed by atoms with Crippen molar-refractivity contribution in [2.24, 2.45) is 0 Å². The van der Waals surface area contributed by atoms with Gasteiger partial charge in [0.15, 0.2) is 0 Å². The van der Waals surface area contributed by atoms with Crippen molar-refractivity contribution in [3.63, 3.8) is 0 Å². The average Bonchev–Trinajstić information content (AvgIpc) is 2.55. The number of rotatable bonds is 4. The van der Waals surface area contributed by atoms with Crippen LogP contribution in [0, 0.1) is 6.92 Å². The van der Waals surface area contributed by atoms with Gasteiger partial charge in [0.2, 0.25) is 0 Å². The summed E-state index contributed by atoms with van der Waals surface area (Å²) in [6, 6.07) is 9.33. The molecule has 0 aliphatic rings. The van der Waals surface area contributed by atoms with Gasteiger partial charge >= 0.3 is 0 Å². The predicted molar refractivity (Wildman–Crippen MR) is 96.3 cm³/mol. The van der Waals surface area contributed by atoms with Gasteiger partial charge in [-0.2, -0.15) is 0 Å². The summed E-state index contributed by atoms with van der Waals surface area (Å²) in [7, 11) is 0. The number of nitrogen functional groups attached to an aromatic ring is 1. The highest BCUT2D eigenvalue weighted by Crippen LogP contribution is 2.40. The van der Waals surface area contributed by atoms with E-state index in [-0.39, 0.29) is 6.61 Å². The van der Waals surface area contributed by atoms with Crippen LogP contribution in [0.5, 0.6) is 5.75 Å². The molecule has 0 amide bonds. The molecule has 0 aliphatic carbocycles. The molecule has 1 heterocycles. The molecular formula is C18H18ClN3O2. The van der Waals surface area contributed by atoms with Crippen LogP contribution >= 0.6 is 11.6 Å². The lowest BCUT2D eigenvalue weighted by Crippen LogP contribution is -2.13. The third kappa shape index (κ3) is 3.00. The van der Waals surface area contributed by atoms with Gasteiger partial charge in [0.1, 0.15) is 24.5 Å². The summed E-state index contributed by atoms with van der Waals surface area (Å²) in [6.07, 6.45) is 0.851. The Morgan fingerprint density at radius 3 is 2.79 bits per heavy atom. The molecule has 0 saturated carbocycles. The Balaban J connectivity index is 2.30. The van der Waals surface area contributed by atoms with Crippen molar-refractivity contribution in [2.75, 3.05) is 12.3 Å². The van der Waals surface area contributed by atoms with Crippen LogP contribution in [0.3, 0.4) is 0 Å². The molecule has 0 aliphatic heterocycles. The summed E-state index contributed by atoms with van der Waals surface area (Å²) in [4.78, 5) is 8.45. The van der Waals surface area contributed by atoms with E-state index < -0.39 is 6.10 Å². The summed E-state index contributed by atoms with van der Waals surface area (Å²) in [5.74, 6) is 1.02. The van der Waals surface area contributed by atoms with Crippen LogP contribution in [0.1, 0.15) is 12.5 Å². The van der Waals surface area contributed by atoms with Crippen LogP contribution < -0.4 is 10.5 Å². The molecule has 3 N–H and O–H groups in total. The van der Waals surface area contributed by atoms with E-state index in [1.54, 1.807) is 6.92 Å². The van der Waals surface area contributed by atoms with Gasteiger partial charge in [0.25, 0.3) is 0 Å². The standard InChI is InChI=1S/C18H18ClN3O2/c1-10(23)8-24-15-7-6-13-17(21-9-22-18(13)20)16(15)12-4-3-5-14(19)11(12)2/h3-7,9-10,23H,8H2,1-2H3,(H2,20,21,22)/t10-/m0/s1. The van der Waals surface area contributed by atoms with Gasteiger partial charge in [0.05, 0.1) is 17.2 Å². The second-order valence-electron chi connectivity index (χ2n) is 5.67. The maximum absolute atomic E-state index is 9.54. The number of aliphatic hydroxyl groups excluding tert-OH is 1. The smallest absolute Gasteiger partial charge is 0.134 e. The number of fused-ring (bicyclic) bond motifs is 1. The van der Waals surface area contributed by atoms with Crippen LogP contribution in [0.15, 0.2) is 36.7 Å². The van der Waals surface area contributed by atoms with Gasteiger partial charge in [-0.15, -0.1) is 0 Å². The number of anilines is 1. The lowest BCUT2D eigenvalue weighted by molar-refractivity contribution is 0.123. The van der Waals surface area contributed by atoms with Crippen LogP contribution in [-0.4, -0.2) is 27.8 Å². The van der Waals surface area contributed by atoms with Crippen molar-refractivity contribution in [2.45, 2.75) is 20.0 Å². The summed E-state index contributed by atoms with van der Waals surface area (Å²) < 4.78 is 5.80. The number of benzene rings is 2. The number of hydrogen-bond donors (Lipinski definition) is 2. The van der Waals surface area contributed by atoms with Gasteiger partial charge < -0.3 is 15.6 Å². The fourth-order valence-electron chi connectivity index (χ4n) is 2.60. The predicted octanol–water partition coefficient (Wildman–Crippen LogP) is 3.60. The molecule has 1 atom stereocenters. The van der Waals surface area contributed by atoms with E-state index in [1.165, 1.54) is 6.33 Å². The Hall–Kier alpha value is -2.37. The van der Waals surface area contributed by atoms with Gasteiger partial charge in [-0.25, -0.2) is 9.97 Å². The first-order valence-corrected chi connectivity index (χ1v) is 7.96. The summed E-state index contributed by atoms with van der Waals surface area (Å²) >= 11 is 6.29. The minimum Gasteiger partial charge on any atom is -0.490 e. The summed E-state index contributed by atoms with van der Waals surface area (Å²) in [5.41, 5.74) is 9.30. The minimum atomic E-state index is -0.579. The molecule has 0 unspecified atom stereocenters. The highest BCUT2D eigenvalue weighted by Gasteiger charge is 2.17. The average molecular weight is 344 g/mol. The zero-order valence-electron chi connectivity index (χ0n) is 13.5. The number of nitrogens with zero attached hydrogens (tertiary/aromatic N) is 2. The molecule has 0 saturated heterocycles. The van der Waals surface area contributed by atoms with Crippen molar-refractivity contribution in [1.29, 1.82) is 0 Å². The van der Waals surface area contributed by atoms with Crippen molar-refractivity contribution in [3.05, 3.63) is 47.2 Å². The molecule has 0 spiro atoms. The molecule has 6 heteroatoms. The number of aliphatic hydroxyl groups is 1. The maximum atomic E-state index is 9.54. The number of aromatic nitrogens is 2. The van der Waals surface area contributed by atoms with E-state index in [1.807, 2.05) is 37.3 Å². The topological polar surface area (TPSA) is 81.3 Å². The molecular weight excluding hydrogens is 326 g/mol. The molecule has 0 fully saturated rings. The Labute approximate surface area is 145 Å². The third-order valence-corrected chi connectivity index (χ3v) is 4.23. The normalized spacial score (nSPS) is 12.3. The van der Waals surface area contributed by atoms with Crippen LogP contribution in [-0.2, 0) is 0 Å². The van der Waals surface area contributed by atoms with E-state index in [0.29, 0.717) is 22.1 Å². The van der Waals surface area contributed by atoms with Crippen LogP contribution in [0.2, 0.25) is 5.02 Å². The largest absolute Gasteiger partial charge is 0.490 e. The maximum Gasteiger partial charge on any atom is 0.134 e. The third-order valence-electron chi connectivity index (χ3n) is 3.82. The molecule has 3 aromatic rings. The van der Waals surface area contributed by atoms with Gasteiger partial charge in [-0.05, 0) is 43.2 Å². The van der Waals surface area contributed by atoms with Crippen molar-refractivity contribution in [3.8, 4) is 16.9 Å². The number of ether oxygens (including phenoxy) is 1. The summed E-state index contributed by atoms with van der Waals surface area (Å²) in [5, 5.41) is 10.9. The molecule has 2 aromatic carbocycles. The Kier molecular flexibility index (Phi) is 4.55. The molecule has 0 radical (unpaired) electrons. The number of nitrogens with two attached hydrogens (primary N) is 1. The first-order chi connectivity index (χ1) is 11.5. The molecule has 24 heavy (non-hydrogen) atoms. The molecule has 0 bridgehead atoms. The highest BCUT2D eigenvalue weighted by atomic mass is 35.5. The summed E-state index contributed by atoms with van der Waals surface area (Å²) in [6.45, 7) is 3.80. The molecule has 5 nitrogen and oxygen atoms in total. The lowest BCUT2D eigenvalue weighted by atomic mass is 9.97. The zero-order chi connectivity index (χ0) is 17.3. The first-order valence-electron chi connectivity index (χ1n) is 7.58. The number of halogens is 1. The van der Waals surface area contributed by atoms with Crippen LogP contribution in [0.4, 0.5) is 5.82 Å². The van der Waals surface area contributed by atoms with Gasteiger partial charge in [0, 0.05) is 10.4 Å². The van der Waals surface area contributed by atoms with Crippen molar-refractivity contribution in [1.82, 2.24) is 9.97 Å². The fourth-order valence-corrected chi connectivity index (χ4v) is 2.78. The highest BCUT2D eigenvalue weighted by molar-refractivity contribution is 6.31. The Morgan fingerprint density at radius 2 is 2.04 bits per heavy atom. The van der Waals surface area contributed by atoms with E-state index >= 15 is 0 Å². The molecule has 1 aromatic heterocycles. The Morgan fingerprint density at radius 1 is 1.25 bits per heavy atom. The molecule has 124 valence electrons. The van der Waals surface area contributed by atoms with E-state index in [2.05, 4.69) is 9.97 Å². The monoisotopic (exact) mass is 343 g/mol. The Bertz CT molecular complexity index is 897. The van der Waals surface area contributed by atoms with Gasteiger partial charge in [-0.1, -0.05) is 23.7 Å². The molecule has 3 rings (SSSR count). The van der Waals surface area contributed by atoms with E-state index in [9.17, 15) is 5.11 Å². The number of hydrogen-bond acceptors (Lipinski definition) is 5. The first kappa shape index (κ1) is 16.5. The quantitative estimate of drug-likeness (QED) is 0.756. The lowest BCUT2D eigenvalue weighted by Gasteiger charge is -2.17. The zero-order valence-corrected chi connectivity index (χ0v) is 14.2. The fraction of sp³-hybridized carbons (Fsp3) is 0.222. The second-order valence-corrected chi connectivity index (χ2v) is 6.07.